The van der Waals surface area contributed by atoms with Gasteiger partial charge < -0.3 is 14.8 Å². The van der Waals surface area contributed by atoms with Gasteiger partial charge in [-0.1, -0.05) is 18.2 Å². The molecule has 0 saturated heterocycles. The van der Waals surface area contributed by atoms with Crippen LogP contribution in [0.3, 0.4) is 0 Å². The average molecular weight is 595 g/mol. The number of alkyl halides is 3. The third kappa shape index (κ3) is 8.19. The number of nitrogens with one attached hydrogen (secondary N) is 1. The highest BCUT2D eigenvalue weighted by Gasteiger charge is 2.31. The minimum Gasteiger partial charge on any atom is -0.480 e. The third-order valence-corrected chi connectivity index (χ3v) is 6.78. The van der Waals surface area contributed by atoms with Gasteiger partial charge in [-0.3, -0.25) is 14.2 Å². The van der Waals surface area contributed by atoms with Gasteiger partial charge in [-0.2, -0.15) is 13.2 Å². The van der Waals surface area contributed by atoms with E-state index in [1.165, 1.54) is 37.3 Å². The van der Waals surface area contributed by atoms with Crippen LogP contribution in [0.1, 0.15) is 48.0 Å². The van der Waals surface area contributed by atoms with Crippen molar-refractivity contribution < 1.29 is 40.7 Å². The van der Waals surface area contributed by atoms with Crippen LogP contribution in [0.25, 0.3) is 5.69 Å². The molecule has 13 heteroatoms. The second-order valence-electron chi connectivity index (χ2n) is 10.2. The molecule has 1 N–H and O–H groups in total. The Morgan fingerprint density at radius 1 is 1.00 bits per heavy atom. The summed E-state index contributed by atoms with van der Waals surface area (Å²) in [4.78, 5) is 38.9. The first-order chi connectivity index (χ1) is 18.9. The fraction of sp³-hybridized carbons (Fsp3) is 0.321. The zero-order valence-corrected chi connectivity index (χ0v) is 23.8. The van der Waals surface area contributed by atoms with Crippen molar-refractivity contribution in [2.75, 3.05) is 12.9 Å². The van der Waals surface area contributed by atoms with Gasteiger partial charge in [0.15, 0.2) is 16.4 Å². The first kappa shape index (κ1) is 31.4. The molecule has 220 valence electrons. The summed E-state index contributed by atoms with van der Waals surface area (Å²) in [6.07, 6.45) is -3.63. The summed E-state index contributed by atoms with van der Waals surface area (Å²) in [5, 5.41) is 2.54. The van der Waals surface area contributed by atoms with Crippen LogP contribution >= 0.6 is 0 Å². The Bertz CT molecular complexity index is 1620. The minimum atomic E-state index is -4.69. The highest BCUT2D eigenvalue weighted by molar-refractivity contribution is 7.90. The summed E-state index contributed by atoms with van der Waals surface area (Å²) < 4.78 is 75.2. The normalized spacial score (nSPS) is 12.1. The van der Waals surface area contributed by atoms with E-state index in [1.807, 2.05) is 0 Å². The number of amides is 1. The fourth-order valence-corrected chi connectivity index (χ4v) is 4.39. The van der Waals surface area contributed by atoms with E-state index in [-0.39, 0.29) is 28.6 Å². The van der Waals surface area contributed by atoms with Crippen molar-refractivity contribution in [1.82, 2.24) is 9.88 Å². The van der Waals surface area contributed by atoms with Crippen LogP contribution in [-0.4, -0.2) is 43.3 Å². The number of rotatable bonds is 8. The first-order valence-electron chi connectivity index (χ1n) is 12.2. The SMILES string of the molecule is Cc1c(OCC(=O)OC(C)(C)C)cc(C(=O)NCc2ccc(S(C)(=O)=O)cc2)c(=O)n1-c1cccc(C(F)(F)F)c1. The van der Waals surface area contributed by atoms with Crippen LogP contribution in [0.2, 0.25) is 0 Å². The van der Waals surface area contributed by atoms with E-state index in [0.29, 0.717) is 5.56 Å². The molecule has 0 aliphatic heterocycles. The highest BCUT2D eigenvalue weighted by Crippen LogP contribution is 2.31. The number of aromatic nitrogens is 1. The first-order valence-corrected chi connectivity index (χ1v) is 14.1. The van der Waals surface area contributed by atoms with Crippen molar-refractivity contribution in [3.05, 3.63) is 87.3 Å². The van der Waals surface area contributed by atoms with Crippen LogP contribution < -0.4 is 15.6 Å². The molecule has 2 aromatic carbocycles. The Kier molecular flexibility index (Phi) is 9.01. The summed E-state index contributed by atoms with van der Waals surface area (Å²) in [6.45, 7) is 5.68. The van der Waals surface area contributed by atoms with Crippen molar-refractivity contribution >= 4 is 21.7 Å². The van der Waals surface area contributed by atoms with E-state index in [0.717, 1.165) is 35.1 Å². The van der Waals surface area contributed by atoms with E-state index in [9.17, 15) is 36.0 Å². The summed E-state index contributed by atoms with van der Waals surface area (Å²) in [6, 6.07) is 10.8. The molecule has 1 heterocycles. The van der Waals surface area contributed by atoms with Crippen molar-refractivity contribution in [1.29, 1.82) is 0 Å². The maximum atomic E-state index is 13.4. The van der Waals surface area contributed by atoms with E-state index < -0.39 is 56.8 Å². The summed E-state index contributed by atoms with van der Waals surface area (Å²) >= 11 is 0. The molecule has 0 unspecified atom stereocenters. The summed E-state index contributed by atoms with van der Waals surface area (Å²) in [5.74, 6) is -1.71. The lowest BCUT2D eigenvalue weighted by Crippen LogP contribution is -2.34. The van der Waals surface area contributed by atoms with Gasteiger partial charge in [0.05, 0.1) is 16.2 Å². The number of carbonyl (C=O) groups excluding carboxylic acids is 2. The number of benzene rings is 2. The van der Waals surface area contributed by atoms with Gasteiger partial charge in [-0.25, -0.2) is 13.2 Å². The van der Waals surface area contributed by atoms with Gasteiger partial charge >= 0.3 is 12.1 Å². The van der Waals surface area contributed by atoms with Crippen LogP contribution in [0.15, 0.2) is 64.3 Å². The Morgan fingerprint density at radius 3 is 2.20 bits per heavy atom. The maximum Gasteiger partial charge on any atom is 0.416 e. The van der Waals surface area contributed by atoms with Crippen molar-refractivity contribution in [2.24, 2.45) is 0 Å². The molecule has 0 spiro atoms. The maximum absolute atomic E-state index is 13.4. The molecule has 0 atom stereocenters. The van der Waals surface area contributed by atoms with Crippen LogP contribution in [0.4, 0.5) is 13.2 Å². The largest absolute Gasteiger partial charge is 0.480 e. The molecule has 0 saturated carbocycles. The molecule has 1 aromatic heterocycles. The predicted molar refractivity (Wildman–Crippen MR) is 144 cm³/mol. The second-order valence-corrected chi connectivity index (χ2v) is 12.2. The molecular weight excluding hydrogens is 565 g/mol. The van der Waals surface area contributed by atoms with E-state index in [2.05, 4.69) is 5.32 Å². The molecule has 0 bridgehead atoms. The van der Waals surface area contributed by atoms with Gasteiger partial charge in [0.1, 0.15) is 16.9 Å². The van der Waals surface area contributed by atoms with Gasteiger partial charge in [0, 0.05) is 24.6 Å². The quantitative estimate of drug-likeness (QED) is 0.388. The number of halogens is 3. The lowest BCUT2D eigenvalue weighted by molar-refractivity contribution is -0.157. The number of ether oxygens (including phenoxy) is 2. The molecule has 0 aliphatic carbocycles. The number of carbonyl (C=O) groups is 2. The average Bonchev–Trinajstić information content (AvgIpc) is 2.85. The van der Waals surface area contributed by atoms with Gasteiger partial charge in [0.2, 0.25) is 0 Å². The van der Waals surface area contributed by atoms with Crippen molar-refractivity contribution in [2.45, 2.75) is 50.9 Å². The molecule has 3 rings (SSSR count). The monoisotopic (exact) mass is 594 g/mol. The molecule has 3 aromatic rings. The minimum absolute atomic E-state index is 0.0470. The molecule has 0 aliphatic rings. The third-order valence-electron chi connectivity index (χ3n) is 5.65. The Hall–Kier alpha value is -4.13. The molecule has 0 radical (unpaired) electrons. The van der Waals surface area contributed by atoms with Gasteiger partial charge in [-0.05, 0) is 63.6 Å². The fourth-order valence-electron chi connectivity index (χ4n) is 3.76. The lowest BCUT2D eigenvalue weighted by Gasteiger charge is -2.21. The van der Waals surface area contributed by atoms with Gasteiger partial charge in [0.25, 0.3) is 11.5 Å². The van der Waals surface area contributed by atoms with Crippen LogP contribution in [0, 0.1) is 6.92 Å². The number of pyridine rings is 1. The second kappa shape index (κ2) is 11.8. The molecular formula is C28H29F3N2O7S. The molecule has 0 fully saturated rings. The predicted octanol–water partition coefficient (Wildman–Crippen LogP) is 4.22. The van der Waals surface area contributed by atoms with E-state index >= 15 is 0 Å². The zero-order chi connectivity index (χ0) is 30.8. The van der Waals surface area contributed by atoms with Crippen molar-refractivity contribution in [3.63, 3.8) is 0 Å². The molecule has 1 amide bonds. The molecule has 41 heavy (non-hydrogen) atoms. The molecule has 9 nitrogen and oxygen atoms in total. The van der Waals surface area contributed by atoms with Crippen LogP contribution in [-0.2, 0) is 32.1 Å². The highest BCUT2D eigenvalue weighted by atomic mass is 32.2. The number of sulfone groups is 1. The number of nitrogens with zero attached hydrogens (tertiary/aromatic N) is 1. The van der Waals surface area contributed by atoms with Gasteiger partial charge in [-0.15, -0.1) is 0 Å². The number of esters is 1. The van der Waals surface area contributed by atoms with Crippen LogP contribution in [0.5, 0.6) is 5.75 Å². The Labute approximate surface area is 234 Å². The van der Waals surface area contributed by atoms with E-state index in [1.54, 1.807) is 20.8 Å². The Morgan fingerprint density at radius 2 is 1.63 bits per heavy atom. The number of hydrogen-bond acceptors (Lipinski definition) is 7. The van der Waals surface area contributed by atoms with E-state index in [4.69, 9.17) is 9.47 Å². The summed E-state index contributed by atoms with van der Waals surface area (Å²) in [7, 11) is -3.42. The smallest absolute Gasteiger partial charge is 0.416 e. The zero-order valence-electron chi connectivity index (χ0n) is 23.0. The standard InChI is InChI=1S/C28H29F3N2O7S/c1-17-23(39-16-24(34)40-27(2,3)4)14-22(25(35)32-15-18-9-11-21(12-10-18)41(5,37)38)26(36)33(17)20-8-6-7-19(13-20)28(29,30)31/h6-14H,15-16H2,1-5H3,(H,32,35). The number of hydrogen-bond donors (Lipinski definition) is 1. The van der Waals surface area contributed by atoms with Crippen molar-refractivity contribution in [3.8, 4) is 11.4 Å². The summed E-state index contributed by atoms with van der Waals surface area (Å²) in [5.41, 5.74) is -2.79. The topological polar surface area (TPSA) is 121 Å². The Balaban J connectivity index is 2.01. The lowest BCUT2D eigenvalue weighted by atomic mass is 10.1.